The van der Waals surface area contributed by atoms with Crippen molar-refractivity contribution >= 4 is 23.5 Å². The lowest BCUT2D eigenvalue weighted by atomic mass is 10.2. The van der Waals surface area contributed by atoms with Gasteiger partial charge in [0.25, 0.3) is 0 Å². The van der Waals surface area contributed by atoms with Gasteiger partial charge in [0, 0.05) is 12.6 Å². The van der Waals surface area contributed by atoms with Gasteiger partial charge in [-0.3, -0.25) is 9.36 Å². The van der Waals surface area contributed by atoms with Gasteiger partial charge in [0.1, 0.15) is 11.6 Å². The van der Waals surface area contributed by atoms with Crippen LogP contribution >= 0.6 is 11.8 Å². The van der Waals surface area contributed by atoms with Gasteiger partial charge in [-0.05, 0) is 32.0 Å². The van der Waals surface area contributed by atoms with Gasteiger partial charge in [-0.1, -0.05) is 36.0 Å². The maximum absolute atomic E-state index is 12.7. The van der Waals surface area contributed by atoms with E-state index in [1.54, 1.807) is 17.0 Å². The van der Waals surface area contributed by atoms with Gasteiger partial charge in [-0.15, -0.1) is 16.8 Å². The Bertz CT molecular complexity index is 1210. The number of rotatable bonds is 8. The van der Waals surface area contributed by atoms with Gasteiger partial charge < -0.3 is 9.73 Å². The highest BCUT2D eigenvalue weighted by molar-refractivity contribution is 7.99. The summed E-state index contributed by atoms with van der Waals surface area (Å²) in [7, 11) is 0. The normalized spacial score (nSPS) is 10.9. The number of aromatic nitrogens is 5. The Hall–Kier alpha value is -3.59. The van der Waals surface area contributed by atoms with Crippen LogP contribution < -0.4 is 5.32 Å². The first kappa shape index (κ1) is 20.7. The van der Waals surface area contributed by atoms with E-state index in [4.69, 9.17) is 4.42 Å². The highest BCUT2D eigenvalue weighted by Crippen LogP contribution is 2.27. The molecule has 1 aromatic carbocycles. The maximum Gasteiger partial charge on any atom is 0.236 e. The van der Waals surface area contributed by atoms with Crippen LogP contribution in [-0.4, -0.2) is 36.2 Å². The van der Waals surface area contributed by atoms with Crippen LogP contribution in [0.2, 0.25) is 0 Å². The van der Waals surface area contributed by atoms with Crippen LogP contribution in [0.5, 0.6) is 0 Å². The Morgan fingerprint density at radius 2 is 2.03 bits per heavy atom. The molecule has 31 heavy (non-hydrogen) atoms. The number of carbonyl (C=O) groups excluding carboxylic acids is 1. The molecule has 0 bridgehead atoms. The molecule has 4 aromatic rings. The van der Waals surface area contributed by atoms with Crippen LogP contribution in [0.4, 0.5) is 5.82 Å². The van der Waals surface area contributed by atoms with Crippen molar-refractivity contribution in [2.75, 3.05) is 11.1 Å². The number of nitrogens with zero attached hydrogens (tertiary/aromatic N) is 5. The molecule has 0 atom stereocenters. The Morgan fingerprint density at radius 1 is 1.23 bits per heavy atom. The highest BCUT2D eigenvalue weighted by atomic mass is 32.2. The molecule has 0 fully saturated rings. The number of thioether (sulfide) groups is 1. The summed E-state index contributed by atoms with van der Waals surface area (Å²) in [5, 5.41) is 16.6. The monoisotopic (exact) mass is 434 g/mol. The molecule has 3 heterocycles. The standard InChI is InChI=1S/C22H22N6O2S/c1-4-11-27-21(18-10-12-30-16(18)3)24-25-22(27)31-14-20(29)23-19-13-15(2)26-28(19)17-8-6-5-7-9-17/h4-10,12-13H,1,11,14H2,2-3H3,(H,23,29). The second kappa shape index (κ2) is 9.05. The SMILES string of the molecule is C=CCn1c(SCC(=O)Nc2cc(C)nn2-c2ccccc2)nnc1-c1ccoc1C. The fourth-order valence-electron chi connectivity index (χ4n) is 3.17. The third-order valence-corrected chi connectivity index (χ3v) is 5.53. The molecule has 0 radical (unpaired) electrons. The van der Waals surface area contributed by atoms with E-state index in [2.05, 4.69) is 27.2 Å². The van der Waals surface area contributed by atoms with Gasteiger partial charge in [0.05, 0.1) is 29.0 Å². The van der Waals surface area contributed by atoms with E-state index in [-0.39, 0.29) is 11.7 Å². The summed E-state index contributed by atoms with van der Waals surface area (Å²) in [6.45, 7) is 8.11. The van der Waals surface area contributed by atoms with Crippen molar-refractivity contribution in [3.05, 3.63) is 72.8 Å². The number of nitrogens with one attached hydrogen (secondary N) is 1. The number of furan rings is 1. The number of allylic oxidation sites excluding steroid dienone is 1. The second-order valence-corrected chi connectivity index (χ2v) is 7.79. The molecule has 9 heteroatoms. The van der Waals surface area contributed by atoms with E-state index >= 15 is 0 Å². The summed E-state index contributed by atoms with van der Waals surface area (Å²) >= 11 is 1.32. The van der Waals surface area contributed by atoms with Crippen molar-refractivity contribution in [1.29, 1.82) is 0 Å². The molecule has 4 rings (SSSR count). The van der Waals surface area contributed by atoms with Crippen LogP contribution in [-0.2, 0) is 11.3 Å². The Balaban J connectivity index is 1.49. The molecule has 0 spiro atoms. The number of amides is 1. The van der Waals surface area contributed by atoms with E-state index in [0.29, 0.717) is 23.3 Å². The molecule has 1 N–H and O–H groups in total. The Kier molecular flexibility index (Phi) is 6.03. The Labute approximate surface area is 184 Å². The largest absolute Gasteiger partial charge is 0.469 e. The van der Waals surface area contributed by atoms with Gasteiger partial charge in [-0.25, -0.2) is 4.68 Å². The predicted molar refractivity (Wildman–Crippen MR) is 120 cm³/mol. The molecule has 0 aliphatic rings. The average Bonchev–Trinajstić information content (AvgIpc) is 3.46. The van der Waals surface area contributed by atoms with E-state index in [9.17, 15) is 4.79 Å². The number of benzene rings is 1. The topological polar surface area (TPSA) is 90.8 Å². The first-order valence-corrected chi connectivity index (χ1v) is 10.7. The van der Waals surface area contributed by atoms with Crippen LogP contribution in [0.25, 0.3) is 17.1 Å². The average molecular weight is 435 g/mol. The molecule has 0 aliphatic carbocycles. The summed E-state index contributed by atoms with van der Waals surface area (Å²) in [6.07, 6.45) is 3.39. The smallest absolute Gasteiger partial charge is 0.236 e. The van der Waals surface area contributed by atoms with Crippen molar-refractivity contribution < 1.29 is 9.21 Å². The molecule has 1 amide bonds. The number of para-hydroxylation sites is 1. The molecular formula is C22H22N6O2S. The summed E-state index contributed by atoms with van der Waals surface area (Å²) in [5.74, 6) is 2.09. The number of hydrogen-bond donors (Lipinski definition) is 1. The van der Waals surface area contributed by atoms with E-state index in [1.807, 2.05) is 60.9 Å². The number of aryl methyl sites for hydroxylation is 2. The first-order valence-electron chi connectivity index (χ1n) is 9.70. The van der Waals surface area contributed by atoms with E-state index in [0.717, 1.165) is 22.7 Å². The molecule has 158 valence electrons. The molecule has 3 aromatic heterocycles. The van der Waals surface area contributed by atoms with Gasteiger partial charge >= 0.3 is 0 Å². The van der Waals surface area contributed by atoms with Gasteiger partial charge in [-0.2, -0.15) is 5.10 Å². The van der Waals surface area contributed by atoms with Crippen LogP contribution in [0, 0.1) is 13.8 Å². The summed E-state index contributed by atoms with van der Waals surface area (Å²) < 4.78 is 9.03. The maximum atomic E-state index is 12.7. The minimum absolute atomic E-state index is 0.156. The third-order valence-electron chi connectivity index (χ3n) is 4.56. The lowest BCUT2D eigenvalue weighted by Gasteiger charge is -2.09. The third kappa shape index (κ3) is 4.46. The number of hydrogen-bond acceptors (Lipinski definition) is 6. The summed E-state index contributed by atoms with van der Waals surface area (Å²) in [5.41, 5.74) is 2.56. The highest BCUT2D eigenvalue weighted by Gasteiger charge is 2.18. The van der Waals surface area contributed by atoms with Crippen molar-refractivity contribution in [3.8, 4) is 17.1 Å². The number of anilines is 1. The quantitative estimate of drug-likeness (QED) is 0.329. The fraction of sp³-hybridized carbons (Fsp3) is 0.182. The van der Waals surface area contributed by atoms with Crippen LogP contribution in [0.1, 0.15) is 11.5 Å². The van der Waals surface area contributed by atoms with E-state index < -0.39 is 0 Å². The van der Waals surface area contributed by atoms with Crippen LogP contribution in [0.3, 0.4) is 0 Å². The lowest BCUT2D eigenvalue weighted by molar-refractivity contribution is -0.113. The molecule has 0 aliphatic heterocycles. The minimum atomic E-state index is -0.156. The van der Waals surface area contributed by atoms with Crippen molar-refractivity contribution in [3.63, 3.8) is 0 Å². The zero-order chi connectivity index (χ0) is 21.8. The predicted octanol–water partition coefficient (Wildman–Crippen LogP) is 4.26. The zero-order valence-electron chi connectivity index (χ0n) is 17.3. The fourth-order valence-corrected chi connectivity index (χ4v) is 3.92. The lowest BCUT2D eigenvalue weighted by Crippen LogP contribution is -2.17. The van der Waals surface area contributed by atoms with Crippen molar-refractivity contribution in [1.82, 2.24) is 24.5 Å². The zero-order valence-corrected chi connectivity index (χ0v) is 18.1. The summed E-state index contributed by atoms with van der Waals surface area (Å²) in [4.78, 5) is 12.7. The molecule has 8 nitrogen and oxygen atoms in total. The van der Waals surface area contributed by atoms with Crippen molar-refractivity contribution in [2.45, 2.75) is 25.5 Å². The Morgan fingerprint density at radius 3 is 2.74 bits per heavy atom. The van der Waals surface area contributed by atoms with Gasteiger partial charge in [0.2, 0.25) is 5.91 Å². The van der Waals surface area contributed by atoms with E-state index in [1.165, 1.54) is 11.8 Å². The molecule has 0 unspecified atom stereocenters. The molecule has 0 saturated heterocycles. The van der Waals surface area contributed by atoms with Crippen LogP contribution in [0.15, 0.2) is 71.0 Å². The summed E-state index contributed by atoms with van der Waals surface area (Å²) in [6, 6.07) is 13.4. The van der Waals surface area contributed by atoms with Crippen molar-refractivity contribution in [2.24, 2.45) is 0 Å². The molecule has 0 saturated carbocycles. The number of carbonyl (C=O) groups is 1. The molecular weight excluding hydrogens is 412 g/mol. The van der Waals surface area contributed by atoms with Gasteiger partial charge in [0.15, 0.2) is 11.0 Å². The second-order valence-electron chi connectivity index (χ2n) is 6.85. The minimum Gasteiger partial charge on any atom is -0.469 e. The first-order chi connectivity index (χ1) is 15.1.